The first-order valence-electron chi connectivity index (χ1n) is 4.90. The van der Waals surface area contributed by atoms with Crippen molar-refractivity contribution in [2.75, 3.05) is 6.61 Å². The molecule has 0 unspecified atom stereocenters. The van der Waals surface area contributed by atoms with Gasteiger partial charge in [0.05, 0.1) is 5.71 Å². The second-order valence-electron chi connectivity index (χ2n) is 3.19. The monoisotopic (exact) mass is 247 g/mol. The molecule has 0 bridgehead atoms. The van der Waals surface area contributed by atoms with E-state index in [4.69, 9.17) is 16.9 Å². The summed E-state index contributed by atoms with van der Waals surface area (Å²) in [5.41, 5.74) is 9.53. The number of hydrogen-bond donors (Lipinski definition) is 2. The highest BCUT2D eigenvalue weighted by molar-refractivity contribution is 7.80. The first-order chi connectivity index (χ1) is 8.13. The summed E-state index contributed by atoms with van der Waals surface area (Å²) in [5, 5.41) is 4.15. The van der Waals surface area contributed by atoms with Gasteiger partial charge in [-0.2, -0.15) is 5.10 Å². The van der Waals surface area contributed by atoms with Crippen molar-refractivity contribution >= 4 is 23.0 Å². The van der Waals surface area contributed by atoms with E-state index in [0.29, 0.717) is 0 Å². The maximum atomic E-state index is 5.27. The van der Waals surface area contributed by atoms with Crippen LogP contribution in [-0.2, 0) is 0 Å². The minimum Gasteiger partial charge on any atom is -0.481 e. The second kappa shape index (κ2) is 6.51. The Kier molecular flexibility index (Phi) is 4.98. The zero-order valence-corrected chi connectivity index (χ0v) is 10.3. The lowest BCUT2D eigenvalue weighted by Gasteiger charge is -2.04. The first kappa shape index (κ1) is 13.0. The number of hydrazone groups is 1. The van der Waals surface area contributed by atoms with Gasteiger partial charge in [-0.05, 0) is 49.0 Å². The largest absolute Gasteiger partial charge is 0.481 e. The summed E-state index contributed by atoms with van der Waals surface area (Å²) in [5.74, 6) is 3.13. The number of ether oxygens (including phenoxy) is 1. The molecule has 0 aliphatic heterocycles. The van der Waals surface area contributed by atoms with Gasteiger partial charge in [-0.3, -0.25) is 5.43 Å². The highest BCUT2D eigenvalue weighted by Gasteiger charge is 1.98. The van der Waals surface area contributed by atoms with Crippen molar-refractivity contribution in [3.63, 3.8) is 0 Å². The number of rotatable bonds is 4. The highest BCUT2D eigenvalue weighted by atomic mass is 32.1. The number of terminal acetylenes is 1. The van der Waals surface area contributed by atoms with Crippen molar-refractivity contribution < 1.29 is 4.74 Å². The van der Waals surface area contributed by atoms with Gasteiger partial charge in [0.2, 0.25) is 0 Å². The Labute approximate surface area is 106 Å². The van der Waals surface area contributed by atoms with Gasteiger partial charge in [0.1, 0.15) is 12.4 Å². The van der Waals surface area contributed by atoms with E-state index in [2.05, 4.69) is 28.7 Å². The van der Waals surface area contributed by atoms with Crippen LogP contribution in [0.4, 0.5) is 0 Å². The molecule has 0 saturated heterocycles. The Morgan fingerprint density at radius 2 is 2.18 bits per heavy atom. The summed E-state index contributed by atoms with van der Waals surface area (Å²) < 4.78 is 5.26. The molecule has 0 aliphatic carbocycles. The summed E-state index contributed by atoms with van der Waals surface area (Å²) in [6, 6.07) is 7.41. The van der Waals surface area contributed by atoms with E-state index in [1.165, 1.54) is 0 Å². The van der Waals surface area contributed by atoms with Crippen LogP contribution < -0.4 is 15.9 Å². The summed E-state index contributed by atoms with van der Waals surface area (Å²) in [6.45, 7) is 2.11. The highest BCUT2D eigenvalue weighted by Crippen LogP contribution is 2.12. The van der Waals surface area contributed by atoms with E-state index in [1.807, 2.05) is 31.2 Å². The fourth-order valence-electron chi connectivity index (χ4n) is 1.12. The van der Waals surface area contributed by atoms with Gasteiger partial charge in [-0.1, -0.05) is 5.92 Å². The number of nitrogens with zero attached hydrogens (tertiary/aromatic N) is 1. The second-order valence-corrected chi connectivity index (χ2v) is 3.63. The summed E-state index contributed by atoms with van der Waals surface area (Å²) in [6.07, 6.45) is 5.10. The van der Waals surface area contributed by atoms with Crippen LogP contribution in [0.3, 0.4) is 0 Å². The van der Waals surface area contributed by atoms with E-state index in [-0.39, 0.29) is 11.7 Å². The number of nitrogens with two attached hydrogens (primary N) is 1. The van der Waals surface area contributed by atoms with Crippen LogP contribution in [0, 0.1) is 12.3 Å². The van der Waals surface area contributed by atoms with Crippen molar-refractivity contribution in [3.05, 3.63) is 29.8 Å². The van der Waals surface area contributed by atoms with E-state index in [0.717, 1.165) is 17.0 Å². The minimum atomic E-state index is 0.137. The Balaban J connectivity index is 2.70. The van der Waals surface area contributed by atoms with Crippen molar-refractivity contribution in [2.24, 2.45) is 10.8 Å². The Hall–Kier alpha value is -2.06. The van der Waals surface area contributed by atoms with Crippen LogP contribution in [0.2, 0.25) is 0 Å². The number of hydrogen-bond acceptors (Lipinski definition) is 3. The molecule has 0 spiro atoms. The quantitative estimate of drug-likeness (QED) is 0.364. The molecule has 0 radical (unpaired) electrons. The smallest absolute Gasteiger partial charge is 0.184 e. The lowest BCUT2D eigenvalue weighted by molar-refractivity contribution is 0.370. The molecule has 0 amide bonds. The third-order valence-corrected chi connectivity index (χ3v) is 2.02. The van der Waals surface area contributed by atoms with Gasteiger partial charge < -0.3 is 10.5 Å². The van der Waals surface area contributed by atoms with Gasteiger partial charge in [0, 0.05) is 0 Å². The third kappa shape index (κ3) is 4.53. The number of thiocarbonyl (C=S) groups is 1. The normalized spacial score (nSPS) is 10.5. The van der Waals surface area contributed by atoms with Gasteiger partial charge in [-0.15, -0.1) is 6.42 Å². The predicted molar refractivity (Wildman–Crippen MR) is 72.9 cm³/mol. The molecule has 0 saturated carbocycles. The molecule has 0 aliphatic rings. The molecule has 0 aromatic heterocycles. The molecule has 17 heavy (non-hydrogen) atoms. The average molecular weight is 247 g/mol. The van der Waals surface area contributed by atoms with Crippen LogP contribution in [0.1, 0.15) is 12.5 Å². The third-order valence-electron chi connectivity index (χ3n) is 1.93. The molecule has 88 valence electrons. The van der Waals surface area contributed by atoms with E-state index >= 15 is 0 Å². The Morgan fingerprint density at radius 3 is 2.71 bits per heavy atom. The van der Waals surface area contributed by atoms with Crippen molar-refractivity contribution in [2.45, 2.75) is 6.92 Å². The Morgan fingerprint density at radius 1 is 1.53 bits per heavy atom. The molecule has 1 rings (SSSR count). The molecular weight excluding hydrogens is 234 g/mol. The lowest BCUT2D eigenvalue weighted by atomic mass is 10.1. The van der Waals surface area contributed by atoms with E-state index < -0.39 is 0 Å². The maximum Gasteiger partial charge on any atom is 0.184 e. The molecular formula is C12H13N3OS. The van der Waals surface area contributed by atoms with Gasteiger partial charge in [-0.25, -0.2) is 0 Å². The first-order valence-corrected chi connectivity index (χ1v) is 5.30. The molecule has 3 N–H and O–H groups in total. The fraction of sp³-hybridized carbons (Fsp3) is 0.167. The van der Waals surface area contributed by atoms with Gasteiger partial charge >= 0.3 is 0 Å². The molecule has 0 heterocycles. The standard InChI is InChI=1S/C12H13N3OS/c1-3-8-16-11-6-4-10(5-7-11)9(2)14-15-12(13)17/h1,4-7H,8H2,2H3,(H3,13,15,17)/b14-9+. The molecule has 0 fully saturated rings. The fourth-order valence-corrected chi connectivity index (χ4v) is 1.17. The van der Waals surface area contributed by atoms with Crippen molar-refractivity contribution in [1.82, 2.24) is 5.43 Å². The SMILES string of the molecule is C#CCOc1ccc(/C(C)=N/NC(N)=S)cc1. The molecule has 0 atom stereocenters. The predicted octanol–water partition coefficient (Wildman–Crippen LogP) is 1.26. The van der Waals surface area contributed by atoms with Gasteiger partial charge in [0.15, 0.2) is 5.11 Å². The van der Waals surface area contributed by atoms with Crippen LogP contribution in [0.25, 0.3) is 0 Å². The number of benzene rings is 1. The summed E-state index contributed by atoms with van der Waals surface area (Å²) in [4.78, 5) is 0. The van der Waals surface area contributed by atoms with Crippen molar-refractivity contribution in [1.29, 1.82) is 0 Å². The summed E-state index contributed by atoms with van der Waals surface area (Å²) >= 11 is 4.65. The van der Waals surface area contributed by atoms with Crippen LogP contribution in [0.5, 0.6) is 5.75 Å². The van der Waals surface area contributed by atoms with Crippen LogP contribution in [0.15, 0.2) is 29.4 Å². The van der Waals surface area contributed by atoms with Crippen molar-refractivity contribution in [3.8, 4) is 18.1 Å². The number of nitrogens with one attached hydrogen (secondary N) is 1. The topological polar surface area (TPSA) is 59.6 Å². The van der Waals surface area contributed by atoms with Gasteiger partial charge in [0.25, 0.3) is 0 Å². The minimum absolute atomic E-state index is 0.137. The zero-order chi connectivity index (χ0) is 12.7. The van der Waals surface area contributed by atoms with E-state index in [1.54, 1.807) is 0 Å². The molecule has 1 aromatic carbocycles. The maximum absolute atomic E-state index is 5.27. The molecule has 4 nitrogen and oxygen atoms in total. The average Bonchev–Trinajstić information content (AvgIpc) is 2.34. The lowest BCUT2D eigenvalue weighted by Crippen LogP contribution is -2.25. The Bertz CT molecular complexity index is 460. The van der Waals surface area contributed by atoms with Crippen LogP contribution in [-0.4, -0.2) is 17.4 Å². The molecule has 5 heteroatoms. The van der Waals surface area contributed by atoms with Crippen LogP contribution >= 0.6 is 12.2 Å². The summed E-state index contributed by atoms with van der Waals surface area (Å²) in [7, 11) is 0. The van der Waals surface area contributed by atoms with E-state index in [9.17, 15) is 0 Å². The zero-order valence-electron chi connectivity index (χ0n) is 9.43. The molecule has 1 aromatic rings.